The van der Waals surface area contributed by atoms with Gasteiger partial charge in [0.05, 0.1) is 52.2 Å². The molecule has 2 aromatic carbocycles. The Balaban J connectivity index is 1.05. The molecule has 14 nitrogen and oxygen atoms in total. The number of nitrogens with one attached hydrogen (secondary N) is 2. The summed E-state index contributed by atoms with van der Waals surface area (Å²) in [6.45, 7) is 11.4. The van der Waals surface area contributed by atoms with Gasteiger partial charge >= 0.3 is 0 Å². The van der Waals surface area contributed by atoms with Crippen molar-refractivity contribution in [3.05, 3.63) is 71.4 Å². The number of nitrogen functional groups attached to an aromatic ring is 1. The van der Waals surface area contributed by atoms with E-state index in [4.69, 9.17) is 5.73 Å². The molecule has 0 aliphatic carbocycles. The predicted molar refractivity (Wildman–Crippen MR) is 209 cm³/mol. The summed E-state index contributed by atoms with van der Waals surface area (Å²) in [7, 11) is 0. The summed E-state index contributed by atoms with van der Waals surface area (Å²) in [5, 5.41) is 35.5. The summed E-state index contributed by atoms with van der Waals surface area (Å²) in [4.78, 5) is 52.0. The number of hydrogen-bond acceptors (Lipinski definition) is 12. The Morgan fingerprint density at radius 1 is 1.04 bits per heavy atom. The molecule has 2 saturated heterocycles. The van der Waals surface area contributed by atoms with Gasteiger partial charge in [-0.3, -0.25) is 19.7 Å². The zero-order valence-corrected chi connectivity index (χ0v) is 32.1. The van der Waals surface area contributed by atoms with Gasteiger partial charge in [-0.05, 0) is 48.6 Å². The first-order valence-corrected chi connectivity index (χ1v) is 19.1. The lowest BCUT2D eigenvalue weighted by Crippen LogP contribution is -2.58. The minimum absolute atomic E-state index is 0.0248. The second-order valence-electron chi connectivity index (χ2n) is 15.1. The molecule has 2 aliphatic rings. The number of thiazole rings is 1. The Morgan fingerprint density at radius 2 is 1.74 bits per heavy atom. The normalized spacial score (nSPS) is 18.7. The molecule has 286 valence electrons. The van der Waals surface area contributed by atoms with Crippen LogP contribution < -0.4 is 21.3 Å². The van der Waals surface area contributed by atoms with Gasteiger partial charge in [-0.2, -0.15) is 0 Å². The number of aliphatic hydroxyl groups excluding tert-OH is 1. The standard InChI is InChI=1S/C39H49N9O5S/c1-23(25-10-12-26(13-11-25)34-24(2)42-22-54-34)43-37(52)31-18-27(49)21-48(31)38(53)35(39(3,4)5)41-20-33(51)47-16-14-46(15-17-47)30-19-29(44-45-36(30)40)28-8-6-7-9-32(28)50/h6-13,19,22-23,27,31,35,41,49-50H,14-18,20-21H2,1-5H3,(H2,40,45)(H,43,52)/t23?,27-,31+,35?/m1/s1. The van der Waals surface area contributed by atoms with Gasteiger partial charge in [0.15, 0.2) is 5.82 Å². The summed E-state index contributed by atoms with van der Waals surface area (Å²) < 4.78 is 0. The van der Waals surface area contributed by atoms with Gasteiger partial charge in [-0.25, -0.2) is 4.98 Å². The monoisotopic (exact) mass is 755 g/mol. The fourth-order valence-corrected chi connectivity index (χ4v) is 7.91. The molecule has 0 saturated carbocycles. The molecule has 6 rings (SSSR count). The molecule has 0 radical (unpaired) electrons. The van der Waals surface area contributed by atoms with Crippen LogP contribution in [0.4, 0.5) is 11.5 Å². The second kappa shape index (κ2) is 16.1. The smallest absolute Gasteiger partial charge is 0.243 e. The number of rotatable bonds is 10. The summed E-state index contributed by atoms with van der Waals surface area (Å²) in [5.74, 6) is -0.489. The number of carbonyl (C=O) groups is 3. The van der Waals surface area contributed by atoms with Crippen LogP contribution in [0.2, 0.25) is 0 Å². The third-order valence-corrected chi connectivity index (χ3v) is 11.1. The maximum absolute atomic E-state index is 14.2. The number of β-amino-alcohol motifs (C(OH)–C–C–N with tert-alkyl or cyclic N) is 1. The number of aromatic hydroxyl groups is 1. The molecule has 54 heavy (non-hydrogen) atoms. The van der Waals surface area contributed by atoms with E-state index in [0.717, 1.165) is 21.7 Å². The quantitative estimate of drug-likeness (QED) is 0.160. The number of anilines is 2. The number of benzene rings is 2. The molecule has 4 atom stereocenters. The van der Waals surface area contributed by atoms with Gasteiger partial charge in [-0.15, -0.1) is 21.5 Å². The molecule has 0 spiro atoms. The van der Waals surface area contributed by atoms with Crippen LogP contribution in [-0.4, -0.2) is 110 Å². The summed E-state index contributed by atoms with van der Waals surface area (Å²) in [5.41, 5.74) is 12.1. The molecule has 4 aromatic rings. The summed E-state index contributed by atoms with van der Waals surface area (Å²) in [6.07, 6.45) is -0.723. The number of hydrogen-bond donors (Lipinski definition) is 5. The van der Waals surface area contributed by atoms with E-state index >= 15 is 0 Å². The average molecular weight is 756 g/mol. The molecule has 6 N–H and O–H groups in total. The van der Waals surface area contributed by atoms with E-state index in [9.17, 15) is 24.6 Å². The number of phenolic OH excluding ortho intramolecular Hbond substituents is 1. The topological polar surface area (TPSA) is 190 Å². The zero-order chi connectivity index (χ0) is 38.7. The summed E-state index contributed by atoms with van der Waals surface area (Å²) >= 11 is 1.58. The number of phenols is 1. The van der Waals surface area contributed by atoms with Crippen molar-refractivity contribution in [1.82, 2.24) is 35.6 Å². The van der Waals surface area contributed by atoms with Crippen LogP contribution in [0.25, 0.3) is 21.7 Å². The second-order valence-corrected chi connectivity index (χ2v) is 15.9. The van der Waals surface area contributed by atoms with Crippen molar-refractivity contribution in [3.63, 3.8) is 0 Å². The maximum Gasteiger partial charge on any atom is 0.243 e. The molecule has 0 bridgehead atoms. The van der Waals surface area contributed by atoms with Crippen LogP contribution in [0.3, 0.4) is 0 Å². The lowest BCUT2D eigenvalue weighted by Gasteiger charge is -2.38. The number of carbonyl (C=O) groups excluding carboxylic acids is 3. The number of piperazine rings is 1. The fourth-order valence-electron chi connectivity index (χ4n) is 7.10. The van der Waals surface area contributed by atoms with E-state index in [2.05, 4.69) is 25.8 Å². The largest absolute Gasteiger partial charge is 0.507 e. The van der Waals surface area contributed by atoms with Crippen LogP contribution >= 0.6 is 11.3 Å². The SMILES string of the molecule is Cc1ncsc1-c1ccc(C(C)NC(=O)[C@@H]2C[C@@H](O)CN2C(=O)C(NCC(=O)N2CCN(c3cc(-c4ccccc4O)nnc3N)CC2)C(C)(C)C)cc1. The first kappa shape index (κ1) is 38.6. The van der Waals surface area contributed by atoms with Gasteiger partial charge < -0.3 is 36.0 Å². The van der Waals surface area contributed by atoms with Gasteiger partial charge in [0.2, 0.25) is 17.7 Å². The van der Waals surface area contributed by atoms with Gasteiger partial charge in [0.25, 0.3) is 0 Å². The number of aryl methyl sites for hydroxylation is 1. The Morgan fingerprint density at radius 3 is 2.39 bits per heavy atom. The number of para-hydroxylation sites is 1. The van der Waals surface area contributed by atoms with Crippen LogP contribution in [-0.2, 0) is 14.4 Å². The third kappa shape index (κ3) is 8.48. The van der Waals surface area contributed by atoms with Crippen LogP contribution in [0.15, 0.2) is 60.1 Å². The first-order chi connectivity index (χ1) is 25.7. The number of aromatic nitrogens is 3. The highest BCUT2D eigenvalue weighted by Crippen LogP contribution is 2.32. The molecule has 2 aliphatic heterocycles. The number of nitrogens with zero attached hydrogens (tertiary/aromatic N) is 6. The molecule has 2 aromatic heterocycles. The highest BCUT2D eigenvalue weighted by atomic mass is 32.1. The predicted octanol–water partition coefficient (Wildman–Crippen LogP) is 3.36. The molecule has 2 unspecified atom stereocenters. The molecule has 2 fully saturated rings. The Hall–Kier alpha value is -5.12. The van der Waals surface area contributed by atoms with Gasteiger partial charge in [-0.1, -0.05) is 57.2 Å². The minimum atomic E-state index is -0.856. The maximum atomic E-state index is 14.2. The average Bonchev–Trinajstić information content (AvgIpc) is 3.76. The van der Waals surface area contributed by atoms with Crippen molar-refractivity contribution in [2.24, 2.45) is 5.41 Å². The van der Waals surface area contributed by atoms with Crippen molar-refractivity contribution < 1.29 is 24.6 Å². The minimum Gasteiger partial charge on any atom is -0.507 e. The van der Waals surface area contributed by atoms with E-state index in [-0.39, 0.29) is 54.8 Å². The van der Waals surface area contributed by atoms with Crippen molar-refractivity contribution in [2.75, 3.05) is 49.9 Å². The van der Waals surface area contributed by atoms with E-state index in [1.165, 1.54) is 4.90 Å². The lowest BCUT2D eigenvalue weighted by atomic mass is 9.85. The lowest BCUT2D eigenvalue weighted by molar-refractivity contribution is -0.143. The number of amides is 3. The fraction of sp³-hybridized carbons (Fsp3) is 0.436. The van der Waals surface area contributed by atoms with E-state index in [1.54, 1.807) is 46.6 Å². The number of nitrogens with two attached hydrogens (primary N) is 1. The molecule has 15 heteroatoms. The van der Waals surface area contributed by atoms with Crippen LogP contribution in [0.5, 0.6) is 5.75 Å². The van der Waals surface area contributed by atoms with Crippen molar-refractivity contribution in [2.45, 2.75) is 65.3 Å². The number of likely N-dealkylation sites (tertiary alicyclic amines) is 1. The molecule has 4 heterocycles. The summed E-state index contributed by atoms with van der Waals surface area (Å²) in [6, 6.07) is 14.7. The van der Waals surface area contributed by atoms with Gasteiger partial charge in [0.1, 0.15) is 11.8 Å². The Labute approximate surface area is 319 Å². The Bertz CT molecular complexity index is 1970. The van der Waals surface area contributed by atoms with E-state index < -0.39 is 23.6 Å². The van der Waals surface area contributed by atoms with E-state index in [0.29, 0.717) is 43.1 Å². The molecular weight excluding hydrogens is 707 g/mol. The molecule has 3 amide bonds. The highest BCUT2D eigenvalue weighted by molar-refractivity contribution is 7.13. The van der Waals surface area contributed by atoms with Gasteiger partial charge in [0, 0.05) is 44.7 Å². The zero-order valence-electron chi connectivity index (χ0n) is 31.3. The van der Waals surface area contributed by atoms with E-state index in [1.807, 2.05) is 69.3 Å². The van der Waals surface area contributed by atoms with Crippen LogP contribution in [0, 0.1) is 12.3 Å². The third-order valence-electron chi connectivity index (χ3n) is 10.2. The van der Waals surface area contributed by atoms with Crippen molar-refractivity contribution >= 4 is 40.6 Å². The number of aliphatic hydroxyl groups is 1. The van der Waals surface area contributed by atoms with Crippen LogP contribution in [0.1, 0.15) is 51.4 Å². The first-order valence-electron chi connectivity index (χ1n) is 18.2. The highest BCUT2D eigenvalue weighted by Gasteiger charge is 2.44. The van der Waals surface area contributed by atoms with Crippen molar-refractivity contribution in [3.8, 4) is 27.4 Å². The van der Waals surface area contributed by atoms with Crippen molar-refractivity contribution in [1.29, 1.82) is 0 Å². The molecular formula is C39H49N9O5S. The Kier molecular flexibility index (Phi) is 11.5.